The molecule has 1 atom stereocenters. The lowest BCUT2D eigenvalue weighted by atomic mass is 10.2. The number of hydrogen-bond donors (Lipinski definition) is 0. The molecule has 1 fully saturated rings. The summed E-state index contributed by atoms with van der Waals surface area (Å²) in [7, 11) is -3.56. The number of hydrogen-bond acceptors (Lipinski definition) is 5. The van der Waals surface area contributed by atoms with Crippen molar-refractivity contribution in [1.29, 1.82) is 0 Å². The number of epoxide rings is 1. The van der Waals surface area contributed by atoms with Crippen molar-refractivity contribution >= 4 is 7.82 Å². The van der Waals surface area contributed by atoms with E-state index in [0.717, 1.165) is 0 Å². The van der Waals surface area contributed by atoms with Gasteiger partial charge in [-0.25, -0.2) is 4.57 Å². The van der Waals surface area contributed by atoms with Gasteiger partial charge in [0.05, 0.1) is 24.4 Å². The molecular weight excluding hydrogens is 243 g/mol. The Hall–Kier alpha value is 0.0700. The SMILES string of the molecule is CC(C)(C)OP(=O)(OC[C@@H]1CO1)OC(C)(C)C. The van der Waals surface area contributed by atoms with Gasteiger partial charge in [0.2, 0.25) is 0 Å². The van der Waals surface area contributed by atoms with Crippen LogP contribution in [0.3, 0.4) is 0 Å². The molecule has 0 radical (unpaired) electrons. The van der Waals surface area contributed by atoms with E-state index in [1.54, 1.807) is 0 Å². The van der Waals surface area contributed by atoms with E-state index in [2.05, 4.69) is 0 Å². The molecule has 1 saturated heterocycles. The first-order valence-electron chi connectivity index (χ1n) is 5.77. The van der Waals surface area contributed by atoms with Crippen molar-refractivity contribution in [3.8, 4) is 0 Å². The quantitative estimate of drug-likeness (QED) is 0.565. The first-order chi connectivity index (χ1) is 7.49. The van der Waals surface area contributed by atoms with Crippen LogP contribution in [-0.2, 0) is 22.9 Å². The molecule has 0 aromatic carbocycles. The van der Waals surface area contributed by atoms with Crippen LogP contribution in [0.4, 0.5) is 0 Å². The molecule has 102 valence electrons. The first kappa shape index (κ1) is 15.1. The standard InChI is InChI=1S/C11H23O5P/c1-10(2,3)15-17(12,16-11(4,5)6)14-8-9-7-13-9/h9H,7-8H2,1-6H3/t9-/m0/s1. The average Bonchev–Trinajstić information content (AvgIpc) is 2.74. The van der Waals surface area contributed by atoms with E-state index in [1.165, 1.54) is 0 Å². The van der Waals surface area contributed by atoms with Crippen LogP contribution in [0.25, 0.3) is 0 Å². The van der Waals surface area contributed by atoms with Crippen LogP contribution in [0.2, 0.25) is 0 Å². The fourth-order valence-corrected chi connectivity index (χ4v) is 2.91. The van der Waals surface area contributed by atoms with Crippen LogP contribution in [0.1, 0.15) is 41.5 Å². The molecule has 0 bridgehead atoms. The third-order valence-electron chi connectivity index (χ3n) is 1.59. The first-order valence-corrected chi connectivity index (χ1v) is 7.23. The van der Waals surface area contributed by atoms with E-state index in [-0.39, 0.29) is 12.7 Å². The van der Waals surface area contributed by atoms with Crippen LogP contribution in [-0.4, -0.2) is 30.5 Å². The van der Waals surface area contributed by atoms with Gasteiger partial charge in [-0.05, 0) is 41.5 Å². The molecule has 0 aromatic rings. The van der Waals surface area contributed by atoms with Crippen LogP contribution >= 0.6 is 7.82 Å². The minimum Gasteiger partial charge on any atom is -0.371 e. The molecule has 6 heteroatoms. The van der Waals surface area contributed by atoms with E-state index in [4.69, 9.17) is 18.3 Å². The van der Waals surface area contributed by atoms with Gasteiger partial charge in [-0.3, -0.25) is 13.6 Å². The Morgan fingerprint density at radius 2 is 1.53 bits per heavy atom. The predicted molar refractivity (Wildman–Crippen MR) is 65.0 cm³/mol. The second-order valence-corrected chi connectivity index (χ2v) is 7.62. The van der Waals surface area contributed by atoms with E-state index in [1.807, 2.05) is 41.5 Å². The maximum atomic E-state index is 12.5. The third-order valence-corrected chi connectivity index (χ3v) is 3.60. The third kappa shape index (κ3) is 7.17. The molecule has 0 N–H and O–H groups in total. The Balaban J connectivity index is 2.64. The highest BCUT2D eigenvalue weighted by Gasteiger charge is 2.39. The summed E-state index contributed by atoms with van der Waals surface area (Å²) < 4.78 is 33.6. The average molecular weight is 266 g/mol. The normalized spacial score (nSPS) is 21.6. The number of rotatable bonds is 5. The van der Waals surface area contributed by atoms with Gasteiger partial charge in [0.25, 0.3) is 0 Å². The van der Waals surface area contributed by atoms with Gasteiger partial charge < -0.3 is 4.74 Å². The van der Waals surface area contributed by atoms with Gasteiger partial charge >= 0.3 is 7.82 Å². The Morgan fingerprint density at radius 3 is 1.82 bits per heavy atom. The summed E-state index contributed by atoms with van der Waals surface area (Å²) in [6, 6.07) is 0. The molecule has 0 spiro atoms. The molecule has 17 heavy (non-hydrogen) atoms. The second-order valence-electron chi connectivity index (χ2n) is 6.11. The van der Waals surface area contributed by atoms with Gasteiger partial charge in [0, 0.05) is 0 Å². The highest BCUT2D eigenvalue weighted by molar-refractivity contribution is 7.48. The highest BCUT2D eigenvalue weighted by atomic mass is 31.2. The van der Waals surface area contributed by atoms with Crippen molar-refractivity contribution in [1.82, 2.24) is 0 Å². The summed E-state index contributed by atoms with van der Waals surface area (Å²) in [6.45, 7) is 11.7. The summed E-state index contributed by atoms with van der Waals surface area (Å²) >= 11 is 0. The maximum Gasteiger partial charge on any atom is 0.475 e. The van der Waals surface area contributed by atoms with Gasteiger partial charge in [-0.15, -0.1) is 0 Å². The molecule has 0 unspecified atom stereocenters. The van der Waals surface area contributed by atoms with Crippen molar-refractivity contribution in [2.24, 2.45) is 0 Å². The maximum absolute atomic E-state index is 12.5. The van der Waals surface area contributed by atoms with Crippen molar-refractivity contribution in [3.05, 3.63) is 0 Å². The van der Waals surface area contributed by atoms with Crippen molar-refractivity contribution in [2.45, 2.75) is 58.8 Å². The summed E-state index contributed by atoms with van der Waals surface area (Å²) in [5.74, 6) is 0. The minimum absolute atomic E-state index is 0.0236. The lowest BCUT2D eigenvalue weighted by Gasteiger charge is -2.30. The second kappa shape index (κ2) is 4.98. The fraction of sp³-hybridized carbons (Fsp3) is 1.00. The van der Waals surface area contributed by atoms with Crippen molar-refractivity contribution < 1.29 is 22.9 Å². The molecule has 1 aliphatic heterocycles. The highest BCUT2D eigenvalue weighted by Crippen LogP contribution is 2.55. The molecule has 0 aromatic heterocycles. The lowest BCUT2D eigenvalue weighted by Crippen LogP contribution is -2.25. The zero-order valence-electron chi connectivity index (χ0n) is 11.5. The van der Waals surface area contributed by atoms with Crippen molar-refractivity contribution in [3.63, 3.8) is 0 Å². The summed E-state index contributed by atoms with van der Waals surface area (Å²) in [5.41, 5.74) is -1.18. The lowest BCUT2D eigenvalue weighted by molar-refractivity contribution is 0.00165. The van der Waals surface area contributed by atoms with Crippen molar-refractivity contribution in [2.75, 3.05) is 13.2 Å². The van der Waals surface area contributed by atoms with Crippen LogP contribution in [0.5, 0.6) is 0 Å². The molecule has 1 rings (SSSR count). The molecule has 0 amide bonds. The zero-order chi connectivity index (χ0) is 13.3. The summed E-state index contributed by atoms with van der Waals surface area (Å²) in [5, 5.41) is 0. The van der Waals surface area contributed by atoms with Gasteiger partial charge in [0.15, 0.2) is 0 Å². The zero-order valence-corrected chi connectivity index (χ0v) is 12.4. The Kier molecular flexibility index (Phi) is 4.43. The molecule has 1 aliphatic rings. The molecule has 1 heterocycles. The molecular formula is C11H23O5P. The van der Waals surface area contributed by atoms with E-state index in [0.29, 0.717) is 6.61 Å². The Labute approximate surface area is 103 Å². The van der Waals surface area contributed by atoms with Crippen LogP contribution in [0, 0.1) is 0 Å². The number of phosphoric ester groups is 1. The Morgan fingerprint density at radius 1 is 1.12 bits per heavy atom. The van der Waals surface area contributed by atoms with Gasteiger partial charge in [-0.2, -0.15) is 0 Å². The monoisotopic (exact) mass is 266 g/mol. The molecule has 0 saturated carbocycles. The number of ether oxygens (including phenoxy) is 1. The number of phosphoric acid groups is 1. The molecule has 5 nitrogen and oxygen atoms in total. The van der Waals surface area contributed by atoms with Gasteiger partial charge in [0.1, 0.15) is 6.10 Å². The Bertz CT molecular complexity index is 278. The van der Waals surface area contributed by atoms with Gasteiger partial charge in [-0.1, -0.05) is 0 Å². The predicted octanol–water partition coefficient (Wildman–Crippen LogP) is 3.14. The van der Waals surface area contributed by atoms with E-state index >= 15 is 0 Å². The van der Waals surface area contributed by atoms with Crippen LogP contribution < -0.4 is 0 Å². The minimum atomic E-state index is -3.56. The smallest absolute Gasteiger partial charge is 0.371 e. The summed E-state index contributed by atoms with van der Waals surface area (Å²) in [6.07, 6.45) is 0.0236. The molecule has 0 aliphatic carbocycles. The summed E-state index contributed by atoms with van der Waals surface area (Å²) in [4.78, 5) is 0. The largest absolute Gasteiger partial charge is 0.475 e. The van der Waals surface area contributed by atoms with Crippen LogP contribution in [0.15, 0.2) is 0 Å². The fourth-order valence-electron chi connectivity index (χ4n) is 1.08. The van der Waals surface area contributed by atoms with E-state index < -0.39 is 19.0 Å². The van der Waals surface area contributed by atoms with E-state index in [9.17, 15) is 4.57 Å². The topological polar surface area (TPSA) is 57.3 Å².